The van der Waals surface area contributed by atoms with Crippen molar-refractivity contribution < 1.29 is 46.1 Å². The van der Waals surface area contributed by atoms with Gasteiger partial charge in [0.05, 0.1) is 25.6 Å². The predicted octanol–water partition coefficient (Wildman–Crippen LogP) is 2.00. The monoisotopic (exact) mass is 551 g/mol. The minimum Gasteiger partial charge on any atom is -0.387 e. The number of aliphatic hydroxyl groups excluding tert-OH is 2. The lowest BCUT2D eigenvalue weighted by Crippen LogP contribution is -2.34. The maximum atomic E-state index is 14.2. The Balaban J connectivity index is 1.30. The average molecular weight is 551 g/mol. The van der Waals surface area contributed by atoms with E-state index in [1.807, 2.05) is 0 Å². The fourth-order valence-electron chi connectivity index (χ4n) is 3.93. The van der Waals surface area contributed by atoms with Crippen molar-refractivity contribution in [2.24, 2.45) is 0 Å². The fourth-order valence-corrected chi connectivity index (χ4v) is 6.04. The Hall–Kier alpha value is -2.30. The van der Waals surface area contributed by atoms with E-state index >= 15 is 0 Å². The topological polar surface area (TPSA) is 147 Å². The largest absolute Gasteiger partial charge is 0.387 e. The van der Waals surface area contributed by atoms with E-state index in [0.717, 1.165) is 0 Å². The number of imidazole rings is 1. The number of anilines is 1. The van der Waals surface area contributed by atoms with E-state index in [1.54, 1.807) is 0 Å². The lowest BCUT2D eigenvalue weighted by atomic mass is 10.1. The Morgan fingerprint density at radius 1 is 1.14 bits per heavy atom. The summed E-state index contributed by atoms with van der Waals surface area (Å²) in [6.45, 7) is -4.15. The summed E-state index contributed by atoms with van der Waals surface area (Å²) >= 11 is 5.27. The molecule has 2 aliphatic heterocycles. The van der Waals surface area contributed by atoms with Crippen LogP contribution in [0.15, 0.2) is 18.7 Å². The summed E-state index contributed by atoms with van der Waals surface area (Å²) < 4.78 is 78.5. The van der Waals surface area contributed by atoms with Gasteiger partial charge in [0.1, 0.15) is 30.2 Å². The number of rotatable bonds is 5. The molecule has 11 nitrogen and oxygen atoms in total. The Bertz CT molecular complexity index is 1370. The lowest BCUT2D eigenvalue weighted by molar-refractivity contribution is -0.0534. The van der Waals surface area contributed by atoms with Gasteiger partial charge in [0.15, 0.2) is 41.0 Å². The smallest absolute Gasteiger partial charge is 0.327 e. The molecule has 194 valence electrons. The molecule has 1 aromatic carbocycles. The predicted molar refractivity (Wildman–Crippen MR) is 117 cm³/mol. The molecule has 4 N–H and O–H groups in total. The second-order valence-corrected chi connectivity index (χ2v) is 10.9. The Kier molecular flexibility index (Phi) is 6.72. The van der Waals surface area contributed by atoms with Crippen LogP contribution < -0.4 is 5.73 Å². The zero-order valence-electron chi connectivity index (χ0n) is 18.0. The van der Waals surface area contributed by atoms with Gasteiger partial charge in [-0.15, -0.1) is 0 Å². The van der Waals surface area contributed by atoms with E-state index in [-0.39, 0.29) is 30.0 Å². The number of hydrogen-bond donors (Lipinski definition) is 3. The van der Waals surface area contributed by atoms with Crippen molar-refractivity contribution in [1.82, 2.24) is 19.5 Å². The molecule has 2 aliphatic rings. The van der Waals surface area contributed by atoms with Crippen LogP contribution in [0.4, 0.5) is 23.4 Å². The molecule has 0 saturated carbocycles. The molecule has 0 spiro atoms. The molecule has 3 aromatic rings. The molecule has 2 unspecified atom stereocenters. The molecule has 0 amide bonds. The van der Waals surface area contributed by atoms with Gasteiger partial charge >= 0.3 is 6.72 Å². The standard InChI is InChI=1S/C19H18F4N5O6PS/c20-8-3-7(11(21)13(23)12(8)22)9-1-2-31-35(36,34-9)32-4-10-15(29)16(30)19(33-10)28-6-27-14-17(24)25-5-26-18(14)28/h3,5-6,9-10,15-16,19,29-30H,1-2,4H2,(H2,24,25,26)/t9?,10-,15+,16+,19-,35?/m1/s1. The highest BCUT2D eigenvalue weighted by molar-refractivity contribution is 8.07. The first kappa shape index (κ1) is 25.4. The Morgan fingerprint density at radius 2 is 1.92 bits per heavy atom. The summed E-state index contributed by atoms with van der Waals surface area (Å²) in [5.41, 5.74) is 5.73. The number of nitrogens with two attached hydrogens (primary N) is 1. The summed E-state index contributed by atoms with van der Waals surface area (Å²) in [5.74, 6) is -7.01. The van der Waals surface area contributed by atoms with E-state index in [0.29, 0.717) is 6.07 Å². The van der Waals surface area contributed by atoms with Crippen molar-refractivity contribution >= 4 is 35.5 Å². The van der Waals surface area contributed by atoms with Gasteiger partial charge in [0, 0.05) is 12.0 Å². The highest BCUT2D eigenvalue weighted by atomic mass is 32.5. The van der Waals surface area contributed by atoms with Gasteiger partial charge in [-0.1, -0.05) is 0 Å². The molecule has 5 rings (SSSR count). The van der Waals surface area contributed by atoms with Crippen LogP contribution in [0.1, 0.15) is 24.3 Å². The number of aliphatic hydroxyl groups is 2. The molecule has 2 fully saturated rings. The van der Waals surface area contributed by atoms with Crippen molar-refractivity contribution in [2.75, 3.05) is 18.9 Å². The molecule has 17 heteroatoms. The maximum absolute atomic E-state index is 14.2. The first-order valence-electron chi connectivity index (χ1n) is 10.4. The zero-order valence-corrected chi connectivity index (χ0v) is 19.7. The molecule has 0 aliphatic carbocycles. The third kappa shape index (κ3) is 4.37. The van der Waals surface area contributed by atoms with Crippen LogP contribution in [-0.4, -0.2) is 61.3 Å². The number of nitrogens with zero attached hydrogens (tertiary/aromatic N) is 4. The van der Waals surface area contributed by atoms with E-state index in [1.165, 1.54) is 17.2 Å². The van der Waals surface area contributed by atoms with Gasteiger partial charge < -0.3 is 34.3 Å². The molecular weight excluding hydrogens is 533 g/mol. The van der Waals surface area contributed by atoms with Gasteiger partial charge in [-0.2, -0.15) is 0 Å². The molecule has 6 atom stereocenters. The quantitative estimate of drug-likeness (QED) is 0.185. The summed E-state index contributed by atoms with van der Waals surface area (Å²) in [6, 6.07) is 0.486. The van der Waals surface area contributed by atoms with Crippen LogP contribution in [0.5, 0.6) is 0 Å². The van der Waals surface area contributed by atoms with Crippen molar-refractivity contribution in [2.45, 2.75) is 37.1 Å². The third-order valence-corrected chi connectivity index (χ3v) is 8.13. The average Bonchev–Trinajstić information content (AvgIpc) is 3.41. The highest BCUT2D eigenvalue weighted by Crippen LogP contribution is 2.58. The number of ether oxygens (including phenoxy) is 1. The van der Waals surface area contributed by atoms with Crippen LogP contribution in [0, 0.1) is 23.3 Å². The number of hydrogen-bond acceptors (Lipinski definition) is 11. The highest BCUT2D eigenvalue weighted by Gasteiger charge is 2.46. The summed E-state index contributed by atoms with van der Waals surface area (Å²) in [5, 5.41) is 21.1. The number of halogens is 4. The van der Waals surface area contributed by atoms with Gasteiger partial charge in [-0.05, 0) is 17.9 Å². The minimum atomic E-state index is -3.62. The van der Waals surface area contributed by atoms with Gasteiger partial charge in [0.25, 0.3) is 0 Å². The molecular formula is C19H18F4N5O6PS. The summed E-state index contributed by atoms with van der Waals surface area (Å²) in [6.07, 6.45) is -3.89. The van der Waals surface area contributed by atoms with Gasteiger partial charge in [-0.25, -0.2) is 32.5 Å². The number of aromatic nitrogens is 4. The molecule has 0 radical (unpaired) electrons. The molecule has 2 saturated heterocycles. The Morgan fingerprint density at radius 3 is 2.69 bits per heavy atom. The van der Waals surface area contributed by atoms with Crippen LogP contribution in [0.3, 0.4) is 0 Å². The summed E-state index contributed by atoms with van der Waals surface area (Å²) in [4.78, 5) is 12.0. The lowest BCUT2D eigenvalue weighted by Gasteiger charge is -2.33. The van der Waals surface area contributed by atoms with Crippen LogP contribution in [0.25, 0.3) is 11.2 Å². The first-order chi connectivity index (χ1) is 17.1. The fraction of sp³-hybridized carbons (Fsp3) is 0.421. The third-order valence-electron chi connectivity index (χ3n) is 5.76. The molecule has 2 aromatic heterocycles. The number of fused-ring (bicyclic) bond motifs is 1. The SMILES string of the molecule is Nc1ncnc2c1ncn2[C@@H]1O[C@H](COP2(=S)OCCC(c3cc(F)c(F)c(F)c3F)O2)[C@H](O)[C@@H]1O. The second-order valence-electron chi connectivity index (χ2n) is 7.98. The normalized spacial score (nSPS) is 30.8. The summed E-state index contributed by atoms with van der Waals surface area (Å²) in [7, 11) is 0. The first-order valence-corrected chi connectivity index (χ1v) is 13.0. The van der Waals surface area contributed by atoms with Crippen molar-refractivity contribution in [1.29, 1.82) is 0 Å². The van der Waals surface area contributed by atoms with Crippen LogP contribution in [0.2, 0.25) is 0 Å². The number of nitrogen functional groups attached to an aromatic ring is 1. The second kappa shape index (κ2) is 9.54. The zero-order chi connectivity index (χ0) is 25.8. The Labute approximate surface area is 205 Å². The molecule has 4 heterocycles. The van der Waals surface area contributed by atoms with Crippen LogP contribution in [-0.2, 0) is 30.1 Å². The van der Waals surface area contributed by atoms with Crippen molar-refractivity contribution in [3.63, 3.8) is 0 Å². The molecule has 0 bridgehead atoms. The molecule has 36 heavy (non-hydrogen) atoms. The maximum Gasteiger partial charge on any atom is 0.327 e. The van der Waals surface area contributed by atoms with Crippen molar-refractivity contribution in [3.05, 3.63) is 47.6 Å². The van der Waals surface area contributed by atoms with Gasteiger partial charge in [-0.3, -0.25) is 4.57 Å². The van der Waals surface area contributed by atoms with Crippen LogP contribution >= 0.6 is 6.72 Å². The van der Waals surface area contributed by atoms with E-state index in [4.69, 9.17) is 35.8 Å². The van der Waals surface area contributed by atoms with Crippen molar-refractivity contribution in [3.8, 4) is 0 Å². The van der Waals surface area contributed by atoms with E-state index < -0.39 is 72.8 Å². The number of benzene rings is 1. The van der Waals surface area contributed by atoms with E-state index in [2.05, 4.69) is 15.0 Å². The van der Waals surface area contributed by atoms with Gasteiger partial charge in [0.2, 0.25) is 0 Å². The minimum absolute atomic E-state index is 0.0365. The van der Waals surface area contributed by atoms with E-state index in [9.17, 15) is 27.8 Å².